The van der Waals surface area contributed by atoms with Gasteiger partial charge in [0.1, 0.15) is 24.2 Å². The largest absolute Gasteiger partial charge is 0.478 e. The van der Waals surface area contributed by atoms with E-state index in [0.717, 1.165) is 0 Å². The maximum absolute atomic E-state index is 10.9. The molecule has 1 atom stereocenters. The van der Waals surface area contributed by atoms with Crippen LogP contribution in [-0.2, 0) is 0 Å². The zero-order chi connectivity index (χ0) is 13.4. The molecule has 0 aliphatic rings. The number of oxazole rings is 1. The Morgan fingerprint density at radius 3 is 3.00 bits per heavy atom. The summed E-state index contributed by atoms with van der Waals surface area (Å²) in [6.45, 7) is 1.87. The summed E-state index contributed by atoms with van der Waals surface area (Å²) in [6, 6.07) is 4.37. The molecule has 2 aromatic heterocycles. The zero-order valence-electron chi connectivity index (χ0n) is 10.0. The van der Waals surface area contributed by atoms with Crippen molar-refractivity contribution in [3.8, 4) is 0 Å². The molecule has 0 amide bonds. The summed E-state index contributed by atoms with van der Waals surface area (Å²) in [5, 5.41) is 12.9. The molecule has 19 heavy (non-hydrogen) atoms. The molecule has 0 aliphatic heterocycles. The molecule has 0 saturated heterocycles. The minimum absolute atomic E-state index is 0.181. The van der Waals surface area contributed by atoms with Crippen LogP contribution in [0.15, 0.2) is 35.3 Å². The lowest BCUT2D eigenvalue weighted by Gasteiger charge is -2.05. The minimum Gasteiger partial charge on any atom is -0.478 e. The molecule has 0 saturated carbocycles. The second-order valence-corrected chi connectivity index (χ2v) is 4.09. The number of hydrogen-bond donors (Lipinski definition) is 1. The average molecular weight is 258 g/mol. The number of aromatic carboxylic acids is 1. The van der Waals surface area contributed by atoms with Gasteiger partial charge in [-0.15, -0.1) is 0 Å². The number of aromatic nitrogens is 4. The van der Waals surface area contributed by atoms with Gasteiger partial charge < -0.3 is 9.52 Å². The maximum Gasteiger partial charge on any atom is 0.335 e. The van der Waals surface area contributed by atoms with E-state index in [1.165, 1.54) is 18.5 Å². The summed E-state index contributed by atoms with van der Waals surface area (Å²) >= 11 is 0. The van der Waals surface area contributed by atoms with Gasteiger partial charge in [-0.2, -0.15) is 5.10 Å². The Bertz CT molecular complexity index is 733. The van der Waals surface area contributed by atoms with Crippen LogP contribution in [0.3, 0.4) is 0 Å². The van der Waals surface area contributed by atoms with Crippen LogP contribution in [0.4, 0.5) is 0 Å². The van der Waals surface area contributed by atoms with Crippen LogP contribution < -0.4 is 0 Å². The highest BCUT2D eigenvalue weighted by Crippen LogP contribution is 2.22. The molecule has 7 nitrogen and oxygen atoms in total. The fourth-order valence-corrected chi connectivity index (χ4v) is 1.79. The van der Waals surface area contributed by atoms with Gasteiger partial charge in [-0.25, -0.2) is 19.4 Å². The molecule has 1 aromatic carbocycles. The van der Waals surface area contributed by atoms with Crippen LogP contribution in [0.5, 0.6) is 0 Å². The normalized spacial score (nSPS) is 12.7. The topological polar surface area (TPSA) is 94.0 Å². The van der Waals surface area contributed by atoms with Gasteiger partial charge in [0, 0.05) is 0 Å². The predicted molar refractivity (Wildman–Crippen MR) is 64.8 cm³/mol. The van der Waals surface area contributed by atoms with Crippen molar-refractivity contribution in [2.24, 2.45) is 0 Å². The van der Waals surface area contributed by atoms with Gasteiger partial charge in [0.2, 0.25) is 5.89 Å². The van der Waals surface area contributed by atoms with Crippen LogP contribution in [-0.4, -0.2) is 30.8 Å². The van der Waals surface area contributed by atoms with Crippen molar-refractivity contribution < 1.29 is 14.3 Å². The smallest absolute Gasteiger partial charge is 0.335 e. The van der Waals surface area contributed by atoms with Gasteiger partial charge in [-0.3, -0.25) is 0 Å². The first-order valence-electron chi connectivity index (χ1n) is 5.63. The molecular weight excluding hydrogens is 248 g/mol. The van der Waals surface area contributed by atoms with E-state index in [1.54, 1.807) is 17.1 Å². The van der Waals surface area contributed by atoms with Gasteiger partial charge >= 0.3 is 5.97 Å². The van der Waals surface area contributed by atoms with E-state index in [4.69, 9.17) is 9.52 Å². The SMILES string of the molecule is CC(c1nc2cc(C(=O)O)ccc2o1)n1cncn1. The van der Waals surface area contributed by atoms with Gasteiger partial charge in [0.25, 0.3) is 0 Å². The molecule has 2 heterocycles. The average Bonchev–Trinajstić information content (AvgIpc) is 3.06. The Hall–Kier alpha value is -2.70. The third-order valence-electron chi connectivity index (χ3n) is 2.84. The molecule has 0 bridgehead atoms. The third-order valence-corrected chi connectivity index (χ3v) is 2.84. The molecule has 0 fully saturated rings. The lowest BCUT2D eigenvalue weighted by molar-refractivity contribution is 0.0697. The molecule has 1 N–H and O–H groups in total. The van der Waals surface area contributed by atoms with Crippen molar-refractivity contribution in [3.05, 3.63) is 42.3 Å². The highest BCUT2D eigenvalue weighted by molar-refractivity contribution is 5.91. The van der Waals surface area contributed by atoms with Crippen LogP contribution in [0, 0.1) is 0 Å². The van der Waals surface area contributed by atoms with Crippen molar-refractivity contribution in [2.75, 3.05) is 0 Å². The van der Waals surface area contributed by atoms with Crippen molar-refractivity contribution in [2.45, 2.75) is 13.0 Å². The zero-order valence-corrected chi connectivity index (χ0v) is 10.0. The van der Waals surface area contributed by atoms with Crippen molar-refractivity contribution in [3.63, 3.8) is 0 Å². The summed E-state index contributed by atoms with van der Waals surface area (Å²) < 4.78 is 7.21. The van der Waals surface area contributed by atoms with E-state index < -0.39 is 5.97 Å². The van der Waals surface area contributed by atoms with E-state index >= 15 is 0 Å². The fraction of sp³-hybridized carbons (Fsp3) is 0.167. The van der Waals surface area contributed by atoms with Crippen molar-refractivity contribution in [1.82, 2.24) is 19.7 Å². The summed E-state index contributed by atoms with van der Waals surface area (Å²) in [4.78, 5) is 19.0. The second kappa shape index (κ2) is 4.20. The number of carboxylic acids is 1. The standard InChI is InChI=1S/C12H10N4O3/c1-7(16-6-13-5-14-16)11-15-9-4-8(12(17)18)2-3-10(9)19-11/h2-7H,1H3,(H,17,18). The molecule has 0 radical (unpaired) electrons. The van der Waals surface area contributed by atoms with Gasteiger partial charge in [-0.05, 0) is 25.1 Å². The van der Waals surface area contributed by atoms with E-state index in [1.807, 2.05) is 6.92 Å². The molecule has 0 aliphatic carbocycles. The van der Waals surface area contributed by atoms with E-state index in [2.05, 4.69) is 15.1 Å². The number of nitrogens with zero attached hydrogens (tertiary/aromatic N) is 4. The predicted octanol–water partition coefficient (Wildman–Crippen LogP) is 1.73. The first kappa shape index (κ1) is 11.4. The molecule has 3 aromatic rings. The van der Waals surface area contributed by atoms with Crippen molar-refractivity contribution >= 4 is 17.1 Å². The first-order valence-corrected chi connectivity index (χ1v) is 5.63. The minimum atomic E-state index is -0.990. The maximum atomic E-state index is 10.9. The molecule has 7 heteroatoms. The second-order valence-electron chi connectivity index (χ2n) is 4.09. The summed E-state index contributed by atoms with van der Waals surface area (Å²) in [7, 11) is 0. The molecule has 96 valence electrons. The Morgan fingerprint density at radius 1 is 1.47 bits per heavy atom. The third kappa shape index (κ3) is 1.95. The van der Waals surface area contributed by atoms with Gasteiger partial charge in [0.15, 0.2) is 5.58 Å². The van der Waals surface area contributed by atoms with Crippen molar-refractivity contribution in [1.29, 1.82) is 0 Å². The van der Waals surface area contributed by atoms with Crippen LogP contribution >= 0.6 is 0 Å². The number of fused-ring (bicyclic) bond motifs is 1. The van der Waals surface area contributed by atoms with Crippen LogP contribution in [0.25, 0.3) is 11.1 Å². The lowest BCUT2D eigenvalue weighted by atomic mass is 10.2. The van der Waals surface area contributed by atoms with Crippen LogP contribution in [0.2, 0.25) is 0 Å². The Labute approximate surface area is 107 Å². The van der Waals surface area contributed by atoms with E-state index in [9.17, 15) is 4.79 Å². The summed E-state index contributed by atoms with van der Waals surface area (Å²) in [5.41, 5.74) is 1.24. The number of hydrogen-bond acceptors (Lipinski definition) is 5. The van der Waals surface area contributed by atoms with E-state index in [-0.39, 0.29) is 11.6 Å². The quantitative estimate of drug-likeness (QED) is 0.768. The highest BCUT2D eigenvalue weighted by atomic mass is 16.4. The Kier molecular flexibility index (Phi) is 2.52. The lowest BCUT2D eigenvalue weighted by Crippen LogP contribution is -2.07. The van der Waals surface area contributed by atoms with E-state index in [0.29, 0.717) is 17.0 Å². The van der Waals surface area contributed by atoms with Gasteiger partial charge in [0.05, 0.1) is 5.56 Å². The van der Waals surface area contributed by atoms with Crippen LogP contribution in [0.1, 0.15) is 29.2 Å². The summed E-state index contributed by atoms with van der Waals surface area (Å²) in [5.74, 6) is -0.529. The fourth-order valence-electron chi connectivity index (χ4n) is 1.79. The monoisotopic (exact) mass is 258 g/mol. The summed E-state index contributed by atoms with van der Waals surface area (Å²) in [6.07, 6.45) is 3.00. The Balaban J connectivity index is 2.04. The molecule has 3 rings (SSSR count). The highest BCUT2D eigenvalue weighted by Gasteiger charge is 2.16. The number of benzene rings is 1. The number of carbonyl (C=O) groups is 1. The van der Waals surface area contributed by atoms with Gasteiger partial charge in [-0.1, -0.05) is 0 Å². The Morgan fingerprint density at radius 2 is 2.32 bits per heavy atom. The number of rotatable bonds is 3. The molecule has 0 spiro atoms. The number of carboxylic acid groups (broad SMARTS) is 1. The first-order chi connectivity index (χ1) is 9.15. The molecular formula is C12H10N4O3. The molecule has 1 unspecified atom stereocenters.